The van der Waals surface area contributed by atoms with E-state index in [1.165, 1.54) is 0 Å². The topological polar surface area (TPSA) is 21.3 Å². The van der Waals surface area contributed by atoms with Crippen molar-refractivity contribution < 1.29 is 17.9 Å². The smallest absolute Gasteiger partial charge is 0.194 e. The van der Waals surface area contributed by atoms with Gasteiger partial charge in [-0.1, -0.05) is 0 Å². The lowest BCUT2D eigenvalue weighted by Crippen LogP contribution is -2.30. The van der Waals surface area contributed by atoms with Gasteiger partial charge >= 0.3 is 0 Å². The Morgan fingerprint density at radius 2 is 1.88 bits per heavy atom. The van der Waals surface area contributed by atoms with Crippen molar-refractivity contribution in [3.05, 3.63) is 29.6 Å². The van der Waals surface area contributed by atoms with Gasteiger partial charge in [0.1, 0.15) is 0 Å². The summed E-state index contributed by atoms with van der Waals surface area (Å²) < 4.78 is 43.7. The summed E-state index contributed by atoms with van der Waals surface area (Å²) in [5.74, 6) is -3.80. The number of hydrogen-bond acceptors (Lipinski definition) is 2. The van der Waals surface area contributed by atoms with Crippen LogP contribution in [-0.4, -0.2) is 19.3 Å². The van der Waals surface area contributed by atoms with Crippen LogP contribution in [0.2, 0.25) is 0 Å². The molecule has 1 aliphatic rings. The van der Waals surface area contributed by atoms with Gasteiger partial charge in [-0.3, -0.25) is 0 Å². The number of hydrogen-bond donors (Lipinski definition) is 1. The molecular weight excluding hydrogens is 219 g/mol. The van der Waals surface area contributed by atoms with E-state index in [2.05, 4.69) is 5.32 Å². The van der Waals surface area contributed by atoms with E-state index in [1.807, 2.05) is 0 Å². The lowest BCUT2D eigenvalue weighted by molar-refractivity contribution is 0.0876. The lowest BCUT2D eigenvalue weighted by atomic mass is 10.1. The number of halogens is 3. The Morgan fingerprint density at radius 3 is 2.44 bits per heavy atom. The van der Waals surface area contributed by atoms with Crippen molar-refractivity contribution in [3.8, 4) is 0 Å². The maximum atomic E-state index is 12.9. The summed E-state index contributed by atoms with van der Waals surface area (Å²) in [6.45, 7) is 1.21. The van der Waals surface area contributed by atoms with Crippen LogP contribution in [0, 0.1) is 17.5 Å². The van der Waals surface area contributed by atoms with E-state index < -0.39 is 17.5 Å². The Balaban J connectivity index is 2.09. The molecule has 1 unspecified atom stereocenters. The fraction of sp³-hybridized carbons (Fsp3) is 0.455. The van der Waals surface area contributed by atoms with Gasteiger partial charge in [0, 0.05) is 30.5 Å². The van der Waals surface area contributed by atoms with Crippen LogP contribution in [0.3, 0.4) is 0 Å². The molecule has 2 rings (SSSR count). The molecule has 16 heavy (non-hydrogen) atoms. The molecule has 0 aliphatic carbocycles. The average molecular weight is 231 g/mol. The van der Waals surface area contributed by atoms with E-state index in [0.29, 0.717) is 13.2 Å². The van der Waals surface area contributed by atoms with Gasteiger partial charge < -0.3 is 10.1 Å². The summed E-state index contributed by atoms with van der Waals surface area (Å²) in [6.07, 6.45) is 1.78. The van der Waals surface area contributed by atoms with E-state index in [0.717, 1.165) is 25.0 Å². The molecule has 1 N–H and O–H groups in total. The molecule has 0 spiro atoms. The molecule has 0 radical (unpaired) electrons. The van der Waals surface area contributed by atoms with Crippen molar-refractivity contribution in [2.45, 2.75) is 18.9 Å². The lowest BCUT2D eigenvalue weighted by Gasteiger charge is -2.24. The van der Waals surface area contributed by atoms with Gasteiger partial charge in [0.2, 0.25) is 0 Å². The van der Waals surface area contributed by atoms with Crippen molar-refractivity contribution in [2.24, 2.45) is 0 Å². The summed E-state index contributed by atoms with van der Waals surface area (Å²) in [6, 6.07) is 1.93. The summed E-state index contributed by atoms with van der Waals surface area (Å²) >= 11 is 0. The second-order valence-electron chi connectivity index (χ2n) is 3.81. The highest BCUT2D eigenvalue weighted by Crippen LogP contribution is 2.19. The molecule has 0 bridgehead atoms. The van der Waals surface area contributed by atoms with E-state index in [9.17, 15) is 13.2 Å². The van der Waals surface area contributed by atoms with Crippen LogP contribution in [0.4, 0.5) is 18.9 Å². The Hall–Kier alpha value is -1.23. The quantitative estimate of drug-likeness (QED) is 0.790. The highest BCUT2D eigenvalue weighted by Gasteiger charge is 2.16. The molecule has 88 valence electrons. The third-order valence-corrected chi connectivity index (χ3v) is 2.51. The van der Waals surface area contributed by atoms with Crippen molar-refractivity contribution in [1.82, 2.24) is 0 Å². The standard InChI is InChI=1S/C11H12F3NO/c12-9-4-8(5-10(13)11(9)14)15-7-2-1-3-16-6-7/h4-5,7,15H,1-3,6H2. The molecule has 1 fully saturated rings. The molecule has 2 nitrogen and oxygen atoms in total. The first kappa shape index (κ1) is 11.3. The summed E-state index contributed by atoms with van der Waals surface area (Å²) in [4.78, 5) is 0. The Bertz CT molecular complexity index is 354. The number of anilines is 1. The van der Waals surface area contributed by atoms with Crippen molar-refractivity contribution in [1.29, 1.82) is 0 Å². The number of benzene rings is 1. The number of ether oxygens (including phenoxy) is 1. The fourth-order valence-electron chi connectivity index (χ4n) is 1.73. The highest BCUT2D eigenvalue weighted by molar-refractivity contribution is 5.45. The molecule has 1 aromatic rings. The molecule has 1 saturated heterocycles. The minimum atomic E-state index is -1.44. The van der Waals surface area contributed by atoms with E-state index in [1.54, 1.807) is 0 Å². The van der Waals surface area contributed by atoms with Gasteiger partial charge in [-0.05, 0) is 12.8 Å². The van der Waals surface area contributed by atoms with Crippen molar-refractivity contribution in [2.75, 3.05) is 18.5 Å². The van der Waals surface area contributed by atoms with E-state index >= 15 is 0 Å². The minimum Gasteiger partial charge on any atom is -0.380 e. The Labute approximate surface area is 91.4 Å². The second-order valence-corrected chi connectivity index (χ2v) is 3.81. The van der Waals surface area contributed by atoms with Gasteiger partial charge in [0.25, 0.3) is 0 Å². The van der Waals surface area contributed by atoms with Gasteiger partial charge in [-0.25, -0.2) is 13.2 Å². The first-order valence-electron chi connectivity index (χ1n) is 5.15. The first-order valence-corrected chi connectivity index (χ1v) is 5.15. The third kappa shape index (κ3) is 2.47. The van der Waals surface area contributed by atoms with Gasteiger partial charge in [-0.15, -0.1) is 0 Å². The Kier molecular flexibility index (Phi) is 3.33. The predicted octanol–water partition coefficient (Wildman–Crippen LogP) is 2.69. The molecule has 5 heteroatoms. The third-order valence-electron chi connectivity index (χ3n) is 2.51. The molecule has 1 aromatic carbocycles. The Morgan fingerprint density at radius 1 is 1.19 bits per heavy atom. The summed E-state index contributed by atoms with van der Waals surface area (Å²) in [5.41, 5.74) is 0.243. The predicted molar refractivity (Wildman–Crippen MR) is 53.8 cm³/mol. The summed E-state index contributed by atoms with van der Waals surface area (Å²) in [5, 5.41) is 2.92. The normalized spacial score (nSPS) is 20.8. The zero-order chi connectivity index (χ0) is 11.5. The van der Waals surface area contributed by atoms with Crippen LogP contribution in [0.1, 0.15) is 12.8 Å². The molecule has 1 aliphatic heterocycles. The number of nitrogens with one attached hydrogen (secondary N) is 1. The highest BCUT2D eigenvalue weighted by atomic mass is 19.2. The SMILES string of the molecule is Fc1cc(NC2CCCOC2)cc(F)c1F. The van der Waals surface area contributed by atoms with Crippen molar-refractivity contribution >= 4 is 5.69 Å². The van der Waals surface area contributed by atoms with Crippen LogP contribution in [-0.2, 0) is 4.74 Å². The average Bonchev–Trinajstić information content (AvgIpc) is 2.27. The van der Waals surface area contributed by atoms with Crippen LogP contribution in [0.15, 0.2) is 12.1 Å². The van der Waals surface area contributed by atoms with Crippen LogP contribution >= 0.6 is 0 Å². The fourth-order valence-corrected chi connectivity index (χ4v) is 1.73. The molecule has 0 saturated carbocycles. The van der Waals surface area contributed by atoms with E-state index in [4.69, 9.17) is 4.74 Å². The molecule has 1 atom stereocenters. The van der Waals surface area contributed by atoms with Crippen LogP contribution < -0.4 is 5.32 Å². The molecule has 1 heterocycles. The molecular formula is C11H12F3NO. The van der Waals surface area contributed by atoms with Gasteiger partial charge in [0.15, 0.2) is 17.5 Å². The zero-order valence-electron chi connectivity index (χ0n) is 8.60. The van der Waals surface area contributed by atoms with E-state index in [-0.39, 0.29) is 11.7 Å². The largest absolute Gasteiger partial charge is 0.380 e. The number of rotatable bonds is 2. The summed E-state index contributed by atoms with van der Waals surface area (Å²) in [7, 11) is 0. The second kappa shape index (κ2) is 4.74. The molecule has 0 amide bonds. The zero-order valence-corrected chi connectivity index (χ0v) is 8.60. The maximum absolute atomic E-state index is 12.9. The molecule has 0 aromatic heterocycles. The van der Waals surface area contributed by atoms with Crippen LogP contribution in [0.25, 0.3) is 0 Å². The van der Waals surface area contributed by atoms with Crippen LogP contribution in [0.5, 0.6) is 0 Å². The monoisotopic (exact) mass is 231 g/mol. The van der Waals surface area contributed by atoms with Crippen molar-refractivity contribution in [3.63, 3.8) is 0 Å². The maximum Gasteiger partial charge on any atom is 0.194 e. The first-order chi connectivity index (χ1) is 7.66. The van der Waals surface area contributed by atoms with Gasteiger partial charge in [0.05, 0.1) is 6.61 Å². The van der Waals surface area contributed by atoms with Gasteiger partial charge in [-0.2, -0.15) is 0 Å². The minimum absolute atomic E-state index is 0.0259.